The zero-order valence-corrected chi connectivity index (χ0v) is 17.4. The van der Waals surface area contributed by atoms with E-state index >= 15 is 0 Å². The summed E-state index contributed by atoms with van der Waals surface area (Å²) in [5.41, 5.74) is 1.93. The molecule has 0 N–H and O–H groups in total. The van der Waals surface area contributed by atoms with Crippen molar-refractivity contribution in [2.75, 3.05) is 24.6 Å². The number of rotatable bonds is 6. The van der Waals surface area contributed by atoms with E-state index in [0.29, 0.717) is 36.2 Å². The molecule has 0 bridgehead atoms. The lowest BCUT2D eigenvalue weighted by molar-refractivity contribution is -0.118. The third-order valence-electron chi connectivity index (χ3n) is 5.85. The van der Waals surface area contributed by atoms with Crippen molar-refractivity contribution >= 4 is 28.9 Å². The maximum Gasteiger partial charge on any atom is 0.231 e. The fourth-order valence-corrected chi connectivity index (χ4v) is 4.43. The van der Waals surface area contributed by atoms with Crippen LogP contribution in [0.1, 0.15) is 38.2 Å². The van der Waals surface area contributed by atoms with Crippen molar-refractivity contribution in [2.24, 2.45) is 0 Å². The molecule has 1 fully saturated rings. The lowest BCUT2D eigenvalue weighted by atomic mass is 10.00. The van der Waals surface area contributed by atoms with Crippen molar-refractivity contribution in [1.29, 1.82) is 0 Å². The van der Waals surface area contributed by atoms with Crippen molar-refractivity contribution in [3.05, 3.63) is 52.8 Å². The molecule has 2 aromatic carbocycles. The van der Waals surface area contributed by atoms with Gasteiger partial charge in [-0.05, 0) is 81.1 Å². The van der Waals surface area contributed by atoms with Crippen molar-refractivity contribution in [3.63, 3.8) is 0 Å². The number of fused-ring (bicyclic) bond motifs is 1. The van der Waals surface area contributed by atoms with E-state index in [0.717, 1.165) is 24.3 Å². The second-order valence-electron chi connectivity index (χ2n) is 7.84. The molecule has 0 unspecified atom stereocenters. The first-order valence-corrected chi connectivity index (χ1v) is 10.7. The van der Waals surface area contributed by atoms with Gasteiger partial charge in [-0.2, -0.15) is 0 Å². The maximum absolute atomic E-state index is 14.4. The highest BCUT2D eigenvalue weighted by Gasteiger charge is 2.28. The molecular weight excluding hydrogens is 391 g/mol. The number of ether oxygens (including phenoxy) is 1. The Morgan fingerprint density at radius 2 is 2.00 bits per heavy atom. The van der Waals surface area contributed by atoms with Gasteiger partial charge >= 0.3 is 0 Å². The molecule has 2 heterocycles. The van der Waals surface area contributed by atoms with Crippen molar-refractivity contribution in [1.82, 2.24) is 4.90 Å². The molecule has 29 heavy (non-hydrogen) atoms. The number of halogens is 2. The smallest absolute Gasteiger partial charge is 0.231 e. The Bertz CT molecular complexity index is 904. The summed E-state index contributed by atoms with van der Waals surface area (Å²) >= 11 is 5.86. The number of benzene rings is 2. The topological polar surface area (TPSA) is 32.8 Å². The van der Waals surface area contributed by atoms with E-state index in [1.165, 1.54) is 30.4 Å². The minimum absolute atomic E-state index is 0.118. The largest absolute Gasteiger partial charge is 0.494 e. The highest BCUT2D eigenvalue weighted by Crippen LogP contribution is 2.38. The summed E-state index contributed by atoms with van der Waals surface area (Å²) in [5, 5.41) is 0.308. The highest BCUT2D eigenvalue weighted by molar-refractivity contribution is 6.30. The average molecular weight is 417 g/mol. The van der Waals surface area contributed by atoms with Crippen LogP contribution in [0.4, 0.5) is 15.8 Å². The van der Waals surface area contributed by atoms with E-state index in [1.807, 2.05) is 18.2 Å². The van der Waals surface area contributed by atoms with Gasteiger partial charge in [0.2, 0.25) is 5.91 Å². The van der Waals surface area contributed by atoms with Crippen LogP contribution >= 0.6 is 11.6 Å². The molecule has 1 amide bonds. The average Bonchev–Trinajstić information content (AvgIpc) is 3.11. The lowest BCUT2D eigenvalue weighted by Crippen LogP contribution is -2.31. The molecule has 154 valence electrons. The number of carbonyl (C=O) groups excluding carboxylic acids is 1. The second-order valence-corrected chi connectivity index (χ2v) is 8.28. The van der Waals surface area contributed by atoms with Crippen LogP contribution in [0.25, 0.3) is 0 Å². The van der Waals surface area contributed by atoms with E-state index < -0.39 is 5.82 Å². The van der Waals surface area contributed by atoms with Gasteiger partial charge in [0.1, 0.15) is 11.6 Å². The Hall–Kier alpha value is -2.11. The summed E-state index contributed by atoms with van der Waals surface area (Å²) in [7, 11) is 0. The van der Waals surface area contributed by atoms with Crippen LogP contribution in [0.2, 0.25) is 5.02 Å². The number of likely N-dealkylation sites (tertiary alicyclic amines) is 1. The van der Waals surface area contributed by atoms with Crippen LogP contribution in [0.15, 0.2) is 36.4 Å². The zero-order chi connectivity index (χ0) is 20.4. The molecule has 1 saturated heterocycles. The molecule has 0 radical (unpaired) electrons. The van der Waals surface area contributed by atoms with Crippen molar-refractivity contribution in [3.8, 4) is 5.75 Å². The first-order valence-electron chi connectivity index (χ1n) is 10.3. The van der Waals surface area contributed by atoms with Crippen LogP contribution in [0, 0.1) is 5.82 Å². The first-order chi connectivity index (χ1) is 14.0. The second kappa shape index (κ2) is 8.72. The van der Waals surface area contributed by atoms with Crippen molar-refractivity contribution < 1.29 is 13.9 Å². The summed E-state index contributed by atoms with van der Waals surface area (Å²) in [5.74, 6) is 0.173. The summed E-state index contributed by atoms with van der Waals surface area (Å²) < 4.78 is 20.4. The van der Waals surface area contributed by atoms with Gasteiger partial charge < -0.3 is 9.64 Å². The van der Waals surface area contributed by atoms with Gasteiger partial charge in [-0.25, -0.2) is 4.39 Å². The lowest BCUT2D eigenvalue weighted by Gasteiger charge is -2.30. The van der Waals surface area contributed by atoms with Crippen molar-refractivity contribution in [2.45, 2.75) is 45.1 Å². The van der Waals surface area contributed by atoms with Crippen LogP contribution < -0.4 is 9.64 Å². The van der Waals surface area contributed by atoms with E-state index in [-0.39, 0.29) is 11.6 Å². The Labute approximate surface area is 176 Å². The predicted molar refractivity (Wildman–Crippen MR) is 114 cm³/mol. The summed E-state index contributed by atoms with van der Waals surface area (Å²) in [6.07, 6.45) is 4.53. The molecule has 0 aromatic heterocycles. The molecule has 2 aliphatic heterocycles. The van der Waals surface area contributed by atoms with Gasteiger partial charge in [-0.15, -0.1) is 0 Å². The zero-order valence-electron chi connectivity index (χ0n) is 16.7. The van der Waals surface area contributed by atoms with Gasteiger partial charge in [-0.1, -0.05) is 11.6 Å². The minimum atomic E-state index is -0.504. The minimum Gasteiger partial charge on any atom is -0.494 e. The Balaban J connectivity index is 1.44. The molecule has 0 spiro atoms. The maximum atomic E-state index is 14.4. The van der Waals surface area contributed by atoms with Crippen LogP contribution in [0.5, 0.6) is 5.75 Å². The van der Waals surface area contributed by atoms with Crippen LogP contribution in [-0.4, -0.2) is 36.5 Å². The monoisotopic (exact) mass is 416 g/mol. The number of amides is 1. The molecule has 2 aromatic rings. The van der Waals surface area contributed by atoms with Gasteiger partial charge in [0.25, 0.3) is 0 Å². The molecule has 2 aliphatic rings. The summed E-state index contributed by atoms with van der Waals surface area (Å²) in [6.45, 7) is 5.19. The molecule has 1 atom stereocenters. The third kappa shape index (κ3) is 4.41. The highest BCUT2D eigenvalue weighted by atomic mass is 35.5. The summed E-state index contributed by atoms with van der Waals surface area (Å²) in [4.78, 5) is 16.5. The normalized spacial score (nSPS) is 19.5. The number of hydrogen-bond acceptors (Lipinski definition) is 3. The molecule has 6 heteroatoms. The number of anilines is 2. The Morgan fingerprint density at radius 3 is 2.76 bits per heavy atom. The molecule has 0 saturated carbocycles. The number of aryl methyl sites for hydroxylation is 1. The van der Waals surface area contributed by atoms with Crippen LogP contribution in [0.3, 0.4) is 0 Å². The van der Waals surface area contributed by atoms with E-state index in [1.54, 1.807) is 12.1 Å². The SMILES string of the molecule is C[C@@H]1CCCN1CCCOc1ccc2c(c1)CCC(=O)N2c1ccc(Cl)cc1F. The van der Waals surface area contributed by atoms with Gasteiger partial charge in [-0.3, -0.25) is 9.69 Å². The number of nitrogens with zero attached hydrogens (tertiary/aromatic N) is 2. The fraction of sp³-hybridized carbons (Fsp3) is 0.435. The van der Waals surface area contributed by atoms with E-state index in [2.05, 4.69) is 11.8 Å². The Morgan fingerprint density at radius 1 is 1.17 bits per heavy atom. The molecular formula is C23H26ClFN2O2. The quantitative estimate of drug-likeness (QED) is 0.595. The van der Waals surface area contributed by atoms with E-state index in [4.69, 9.17) is 16.3 Å². The first kappa shape index (κ1) is 20.2. The standard InChI is InChI=1S/C23H26ClFN2O2/c1-16-4-2-11-26(16)12-3-13-29-19-7-9-21-17(14-19)5-10-23(28)27(21)22-8-6-18(24)15-20(22)25/h6-9,14-16H,2-5,10-13H2,1H3/t16-/m1/s1. The summed E-state index contributed by atoms with van der Waals surface area (Å²) in [6, 6.07) is 10.7. The molecule has 4 rings (SSSR count). The van der Waals surface area contributed by atoms with Crippen LogP contribution in [-0.2, 0) is 11.2 Å². The number of hydrogen-bond donors (Lipinski definition) is 0. The molecule has 4 nitrogen and oxygen atoms in total. The van der Waals surface area contributed by atoms with Gasteiger partial charge in [0.05, 0.1) is 18.0 Å². The van der Waals surface area contributed by atoms with Gasteiger partial charge in [0, 0.05) is 24.0 Å². The van der Waals surface area contributed by atoms with Gasteiger partial charge in [0.15, 0.2) is 0 Å². The fourth-order valence-electron chi connectivity index (χ4n) is 4.27. The van der Waals surface area contributed by atoms with E-state index in [9.17, 15) is 9.18 Å². The predicted octanol–water partition coefficient (Wildman–Crippen LogP) is 5.34. The third-order valence-corrected chi connectivity index (χ3v) is 6.08. The molecule has 0 aliphatic carbocycles. The Kier molecular flexibility index (Phi) is 6.07. The number of carbonyl (C=O) groups is 1.